The summed E-state index contributed by atoms with van der Waals surface area (Å²) in [5.41, 5.74) is 8.91. The zero-order chi connectivity index (χ0) is 31.9. The predicted octanol–water partition coefficient (Wildman–Crippen LogP) is 8.72. The Labute approximate surface area is 287 Å². The molecule has 0 saturated heterocycles. The monoisotopic (exact) mass is 848 g/mol. The molecule has 0 N–H and O–H groups in total. The van der Waals surface area contributed by atoms with E-state index in [9.17, 15) is 0 Å². The summed E-state index contributed by atoms with van der Waals surface area (Å²) in [6.45, 7) is 8.87. The van der Waals surface area contributed by atoms with Crippen LogP contribution in [-0.4, -0.2) is 37.8 Å². The fraction of sp³-hybridized carbons (Fsp3) is 0.263. The van der Waals surface area contributed by atoms with Gasteiger partial charge in [0.05, 0.1) is 22.4 Å². The molecule has 7 aromatic rings. The topological polar surface area (TPSA) is 69.6 Å². The van der Waals surface area contributed by atoms with Crippen LogP contribution >= 0.6 is 0 Å². The minimum atomic E-state index is -1.90. The molecule has 46 heavy (non-hydrogen) atoms. The summed E-state index contributed by atoms with van der Waals surface area (Å²) in [4.78, 5) is 18.2. The Hall–Kier alpha value is -3.65. The van der Waals surface area contributed by atoms with Gasteiger partial charge in [0.25, 0.3) is 0 Å². The van der Waals surface area contributed by atoms with Crippen molar-refractivity contribution >= 4 is 50.8 Å². The van der Waals surface area contributed by atoms with E-state index in [0.29, 0.717) is 11.1 Å². The SMILES string of the molecule is CC(C)(C)Cc1cc(-c2[c-]cccc2)nc[c]1[Ge]([CH3])([CH3])[CH3].Cc1ccc2c(n1)oc1c(-c3nc4ccccc4n3C)[c-]ncc12.[Ir]. The van der Waals surface area contributed by atoms with Crippen LogP contribution in [0.1, 0.15) is 32.0 Å². The second-order valence-electron chi connectivity index (χ2n) is 13.9. The smallest absolute Gasteiger partial charge is 0.216 e. The number of hydrogen-bond donors (Lipinski definition) is 0. The van der Waals surface area contributed by atoms with Gasteiger partial charge in [-0.3, -0.25) is 4.98 Å². The van der Waals surface area contributed by atoms with Crippen molar-refractivity contribution in [2.75, 3.05) is 0 Å². The molecule has 1 radical (unpaired) electrons. The third kappa shape index (κ3) is 7.02. The van der Waals surface area contributed by atoms with E-state index in [1.807, 2.05) is 73.1 Å². The first-order valence-corrected chi connectivity index (χ1v) is 22.7. The molecule has 8 heteroatoms. The van der Waals surface area contributed by atoms with Crippen molar-refractivity contribution in [1.82, 2.24) is 24.5 Å². The van der Waals surface area contributed by atoms with Gasteiger partial charge < -0.3 is 14.0 Å². The minimum Gasteiger partial charge on any atom is -0.486 e. The molecule has 0 saturated carbocycles. The Bertz CT molecular complexity index is 2140. The quantitative estimate of drug-likeness (QED) is 0.131. The van der Waals surface area contributed by atoms with Gasteiger partial charge in [0.1, 0.15) is 0 Å². The van der Waals surface area contributed by atoms with Gasteiger partial charge >= 0.3 is 132 Å². The summed E-state index contributed by atoms with van der Waals surface area (Å²) in [6.07, 6.45) is 8.06. The molecule has 0 unspecified atom stereocenters. The van der Waals surface area contributed by atoms with Gasteiger partial charge in [-0.2, -0.15) is 0 Å². The number of fused-ring (bicyclic) bond motifs is 4. The molecule has 0 aliphatic heterocycles. The average Bonchev–Trinajstić information content (AvgIpc) is 3.53. The molecule has 5 heterocycles. The molecule has 5 aromatic heterocycles. The molecule has 0 amide bonds. The largest absolute Gasteiger partial charge is 0.486 e. The van der Waals surface area contributed by atoms with Crippen LogP contribution in [0.15, 0.2) is 83.5 Å². The maximum Gasteiger partial charge on any atom is 0.216 e. The van der Waals surface area contributed by atoms with Crippen molar-refractivity contribution in [2.24, 2.45) is 12.5 Å². The Balaban J connectivity index is 0.000000179. The number of rotatable bonds is 4. The van der Waals surface area contributed by atoms with Gasteiger partial charge in [-0.05, 0) is 54.5 Å². The molecule has 7 rings (SSSR count). The summed E-state index contributed by atoms with van der Waals surface area (Å²) >= 11 is -1.90. The molecule has 0 spiro atoms. The van der Waals surface area contributed by atoms with Crippen LogP contribution < -0.4 is 4.40 Å². The Kier molecular flexibility index (Phi) is 9.69. The maximum atomic E-state index is 6.03. The molecule has 2 aromatic carbocycles. The average molecular weight is 847 g/mol. The summed E-state index contributed by atoms with van der Waals surface area (Å²) in [7, 11) is 1.99. The first kappa shape index (κ1) is 33.7. The van der Waals surface area contributed by atoms with Crippen LogP contribution in [0.2, 0.25) is 17.3 Å². The van der Waals surface area contributed by atoms with E-state index in [-0.39, 0.29) is 20.1 Å². The van der Waals surface area contributed by atoms with E-state index in [4.69, 9.17) is 14.4 Å². The van der Waals surface area contributed by atoms with E-state index in [0.717, 1.165) is 62.1 Å². The Morgan fingerprint density at radius 1 is 0.913 bits per heavy atom. The zero-order valence-corrected chi connectivity index (χ0v) is 32.2. The van der Waals surface area contributed by atoms with E-state index < -0.39 is 13.3 Å². The van der Waals surface area contributed by atoms with E-state index in [2.05, 4.69) is 78.6 Å². The molecular formula is C38H39GeIrN5O-2. The van der Waals surface area contributed by atoms with Gasteiger partial charge in [-0.25, -0.2) is 4.98 Å². The number of benzene rings is 2. The van der Waals surface area contributed by atoms with Crippen LogP contribution in [0, 0.1) is 24.6 Å². The Morgan fingerprint density at radius 3 is 2.37 bits per heavy atom. The van der Waals surface area contributed by atoms with E-state index >= 15 is 0 Å². The molecule has 237 valence electrons. The van der Waals surface area contributed by atoms with Crippen LogP contribution in [0.25, 0.3) is 55.7 Å². The summed E-state index contributed by atoms with van der Waals surface area (Å²) < 4.78 is 9.60. The fourth-order valence-electron chi connectivity index (χ4n) is 5.73. The third-order valence-electron chi connectivity index (χ3n) is 7.84. The fourth-order valence-corrected chi connectivity index (χ4v) is 9.03. The number of furan rings is 1. The summed E-state index contributed by atoms with van der Waals surface area (Å²) in [6, 6.07) is 25.7. The molecule has 0 aliphatic rings. The van der Waals surface area contributed by atoms with Crippen molar-refractivity contribution in [3.8, 4) is 22.6 Å². The summed E-state index contributed by atoms with van der Waals surface area (Å²) in [5, 5.41) is 1.88. The number of nitrogens with zero attached hydrogens (tertiary/aromatic N) is 5. The second-order valence-corrected chi connectivity index (χ2v) is 24.4. The minimum absolute atomic E-state index is 0. The van der Waals surface area contributed by atoms with Gasteiger partial charge in [-0.15, -0.1) is 0 Å². The van der Waals surface area contributed by atoms with Crippen LogP contribution in [0.4, 0.5) is 0 Å². The van der Waals surface area contributed by atoms with Crippen molar-refractivity contribution < 1.29 is 24.5 Å². The van der Waals surface area contributed by atoms with Gasteiger partial charge in [0.2, 0.25) is 5.71 Å². The number of aryl methyl sites for hydroxylation is 2. The van der Waals surface area contributed by atoms with Gasteiger partial charge in [-0.1, -0.05) is 12.1 Å². The first-order valence-electron chi connectivity index (χ1n) is 15.3. The van der Waals surface area contributed by atoms with Crippen molar-refractivity contribution in [3.05, 3.63) is 103 Å². The number of aromatic nitrogens is 5. The zero-order valence-electron chi connectivity index (χ0n) is 27.7. The van der Waals surface area contributed by atoms with Crippen molar-refractivity contribution in [3.63, 3.8) is 0 Å². The second kappa shape index (κ2) is 13.2. The van der Waals surface area contributed by atoms with E-state index in [1.54, 1.807) is 6.20 Å². The predicted molar refractivity (Wildman–Crippen MR) is 187 cm³/mol. The molecule has 0 atom stereocenters. The first-order chi connectivity index (χ1) is 21.4. The standard InChI is InChI=1S/C19H26GeN.C19H13N4O.Ir/c1-19(2,3)13-16-12-18(15-10-8-7-9-11-15)21-14-17(16)20(4,5)6;1-11-7-8-12-13-9-20-10-14(17(13)24-19(12)21-11)18-22-15-5-3-4-6-16(15)23(18)2;/h7-10,12,14H,13H2,1-6H3;3-9H,1-2H3;/q2*-1;. The number of pyridine rings is 3. The Morgan fingerprint density at radius 2 is 1.67 bits per heavy atom. The molecule has 0 bridgehead atoms. The number of hydrogen-bond acceptors (Lipinski definition) is 5. The molecule has 0 aliphatic carbocycles. The van der Waals surface area contributed by atoms with Crippen LogP contribution in [-0.2, 0) is 33.6 Å². The molecule has 0 fully saturated rings. The summed E-state index contributed by atoms with van der Waals surface area (Å²) in [5.74, 6) is 8.11. The van der Waals surface area contributed by atoms with Crippen LogP contribution in [0.5, 0.6) is 0 Å². The maximum absolute atomic E-state index is 6.03. The molecular weight excluding hydrogens is 807 g/mol. The normalized spacial score (nSPS) is 11.8. The van der Waals surface area contributed by atoms with Crippen molar-refractivity contribution in [1.29, 1.82) is 0 Å². The van der Waals surface area contributed by atoms with Crippen molar-refractivity contribution in [2.45, 2.75) is 51.4 Å². The molecule has 6 nitrogen and oxygen atoms in total. The van der Waals surface area contributed by atoms with Gasteiger partial charge in [0, 0.05) is 38.2 Å². The van der Waals surface area contributed by atoms with Crippen LogP contribution in [0.3, 0.4) is 0 Å². The number of imidazole rings is 1. The number of para-hydroxylation sites is 2. The van der Waals surface area contributed by atoms with E-state index in [1.165, 1.54) is 9.96 Å². The van der Waals surface area contributed by atoms with Gasteiger partial charge in [0.15, 0.2) is 0 Å². The third-order valence-corrected chi connectivity index (χ3v) is 12.2.